The monoisotopic (exact) mass is 222 g/mol. The average Bonchev–Trinajstić information content (AvgIpc) is 2.84. The minimum Gasteiger partial charge on any atom is -0.497 e. The van der Waals surface area contributed by atoms with Crippen molar-refractivity contribution in [3.05, 3.63) is 29.8 Å². The van der Waals surface area contributed by atoms with Gasteiger partial charge in [-0.05, 0) is 24.1 Å². The lowest BCUT2D eigenvalue weighted by Gasteiger charge is -2.22. The van der Waals surface area contributed by atoms with Crippen LogP contribution < -0.4 is 16.0 Å². The molecule has 1 aliphatic heterocycles. The number of nitrogens with two attached hydrogens (primary N) is 1. The zero-order chi connectivity index (χ0) is 11.4. The summed E-state index contributed by atoms with van der Waals surface area (Å²) in [7, 11) is 1.67. The van der Waals surface area contributed by atoms with E-state index < -0.39 is 0 Å². The first-order chi connectivity index (χ1) is 7.85. The molecule has 88 valence electrons. The topological polar surface area (TPSA) is 56.5 Å². The Morgan fingerprint density at radius 2 is 2.44 bits per heavy atom. The van der Waals surface area contributed by atoms with Crippen molar-refractivity contribution in [3.63, 3.8) is 0 Å². The summed E-state index contributed by atoms with van der Waals surface area (Å²) in [5, 5.41) is 0. The van der Waals surface area contributed by atoms with E-state index in [4.69, 9.17) is 15.3 Å². The van der Waals surface area contributed by atoms with Gasteiger partial charge in [-0.2, -0.15) is 0 Å². The zero-order valence-electron chi connectivity index (χ0n) is 9.48. The number of benzene rings is 1. The van der Waals surface area contributed by atoms with Crippen LogP contribution in [0.1, 0.15) is 18.0 Å². The minimum atomic E-state index is 0.137. The summed E-state index contributed by atoms with van der Waals surface area (Å²) in [6.07, 6.45) is 1.05. The first-order valence-electron chi connectivity index (χ1n) is 5.53. The van der Waals surface area contributed by atoms with E-state index >= 15 is 0 Å². The van der Waals surface area contributed by atoms with Crippen LogP contribution in [0.25, 0.3) is 0 Å². The second kappa shape index (κ2) is 5.30. The second-order valence-corrected chi connectivity index (χ2v) is 4.04. The number of methoxy groups -OCH3 is 1. The Morgan fingerprint density at radius 1 is 1.56 bits per heavy atom. The molecule has 1 heterocycles. The van der Waals surface area contributed by atoms with Gasteiger partial charge >= 0.3 is 0 Å². The molecule has 2 atom stereocenters. The summed E-state index contributed by atoms with van der Waals surface area (Å²) in [5.74, 6) is 6.93. The number of hydrazine groups is 1. The highest BCUT2D eigenvalue weighted by Crippen LogP contribution is 2.29. The van der Waals surface area contributed by atoms with Crippen LogP contribution in [-0.4, -0.2) is 20.3 Å². The van der Waals surface area contributed by atoms with Gasteiger partial charge < -0.3 is 9.47 Å². The molecular formula is C12H18N2O2. The highest BCUT2D eigenvalue weighted by atomic mass is 16.5. The summed E-state index contributed by atoms with van der Waals surface area (Å²) in [6, 6.07) is 8.13. The van der Waals surface area contributed by atoms with Crippen LogP contribution in [0.15, 0.2) is 24.3 Å². The average molecular weight is 222 g/mol. The minimum absolute atomic E-state index is 0.137. The van der Waals surface area contributed by atoms with Crippen LogP contribution in [0, 0.1) is 5.92 Å². The summed E-state index contributed by atoms with van der Waals surface area (Å²) in [4.78, 5) is 0. The molecule has 16 heavy (non-hydrogen) atoms. The van der Waals surface area contributed by atoms with Crippen molar-refractivity contribution in [1.82, 2.24) is 5.43 Å². The van der Waals surface area contributed by atoms with E-state index in [1.807, 2.05) is 18.2 Å². The van der Waals surface area contributed by atoms with Crippen molar-refractivity contribution in [3.8, 4) is 5.75 Å². The molecule has 2 unspecified atom stereocenters. The fraction of sp³-hybridized carbons (Fsp3) is 0.500. The number of ether oxygens (including phenoxy) is 2. The first kappa shape index (κ1) is 11.4. The maximum atomic E-state index is 5.63. The Balaban J connectivity index is 2.18. The normalized spacial score (nSPS) is 22.0. The molecule has 1 saturated heterocycles. The summed E-state index contributed by atoms with van der Waals surface area (Å²) >= 11 is 0. The van der Waals surface area contributed by atoms with Gasteiger partial charge in [-0.15, -0.1) is 0 Å². The maximum absolute atomic E-state index is 5.63. The maximum Gasteiger partial charge on any atom is 0.119 e. The molecule has 0 bridgehead atoms. The van der Waals surface area contributed by atoms with Gasteiger partial charge in [0, 0.05) is 12.5 Å². The van der Waals surface area contributed by atoms with E-state index in [1.54, 1.807) is 7.11 Å². The van der Waals surface area contributed by atoms with Crippen LogP contribution in [0.2, 0.25) is 0 Å². The Morgan fingerprint density at radius 3 is 3.06 bits per heavy atom. The summed E-state index contributed by atoms with van der Waals surface area (Å²) in [6.45, 7) is 1.60. The SMILES string of the molecule is COc1cccc(C(NN)C2CCOC2)c1. The molecule has 4 heteroatoms. The standard InChI is InChI=1S/C12H18N2O2/c1-15-11-4-2-3-9(7-11)12(14-13)10-5-6-16-8-10/h2-4,7,10,12,14H,5-6,8,13H2,1H3. The molecule has 0 aliphatic carbocycles. The molecule has 4 nitrogen and oxygen atoms in total. The van der Waals surface area contributed by atoms with E-state index in [1.165, 1.54) is 0 Å². The Bertz CT molecular complexity index is 338. The number of hydrogen-bond acceptors (Lipinski definition) is 4. The number of rotatable bonds is 4. The summed E-state index contributed by atoms with van der Waals surface area (Å²) in [5.41, 5.74) is 4.03. The Kier molecular flexibility index (Phi) is 3.77. The third-order valence-corrected chi connectivity index (χ3v) is 3.07. The highest BCUT2D eigenvalue weighted by molar-refractivity contribution is 5.30. The van der Waals surface area contributed by atoms with Crippen LogP contribution in [0.5, 0.6) is 5.75 Å². The lowest BCUT2D eigenvalue weighted by molar-refractivity contribution is 0.176. The lowest BCUT2D eigenvalue weighted by atomic mass is 9.93. The lowest BCUT2D eigenvalue weighted by Crippen LogP contribution is -2.33. The van der Waals surface area contributed by atoms with Crippen LogP contribution in [0.4, 0.5) is 0 Å². The van der Waals surface area contributed by atoms with Crippen molar-refractivity contribution in [2.24, 2.45) is 11.8 Å². The van der Waals surface area contributed by atoms with Crippen LogP contribution >= 0.6 is 0 Å². The van der Waals surface area contributed by atoms with E-state index in [9.17, 15) is 0 Å². The molecule has 0 spiro atoms. The molecule has 1 aromatic rings. The molecule has 0 aromatic heterocycles. The number of hydrogen-bond donors (Lipinski definition) is 2. The molecule has 0 saturated carbocycles. The number of nitrogens with one attached hydrogen (secondary N) is 1. The quantitative estimate of drug-likeness (QED) is 0.594. The molecule has 1 aliphatic rings. The van der Waals surface area contributed by atoms with Gasteiger partial charge in [0.2, 0.25) is 0 Å². The molecule has 1 aromatic carbocycles. The largest absolute Gasteiger partial charge is 0.497 e. The second-order valence-electron chi connectivity index (χ2n) is 4.04. The molecule has 0 radical (unpaired) electrons. The Labute approximate surface area is 95.7 Å². The highest BCUT2D eigenvalue weighted by Gasteiger charge is 2.26. The van der Waals surface area contributed by atoms with Crippen molar-refractivity contribution < 1.29 is 9.47 Å². The van der Waals surface area contributed by atoms with Crippen molar-refractivity contribution >= 4 is 0 Å². The van der Waals surface area contributed by atoms with Gasteiger partial charge in [-0.3, -0.25) is 11.3 Å². The van der Waals surface area contributed by atoms with Gasteiger partial charge in [-0.25, -0.2) is 0 Å². The zero-order valence-corrected chi connectivity index (χ0v) is 9.48. The van der Waals surface area contributed by atoms with E-state index in [2.05, 4.69) is 11.5 Å². The van der Waals surface area contributed by atoms with Crippen molar-refractivity contribution in [2.45, 2.75) is 12.5 Å². The molecule has 1 fully saturated rings. The molecule has 0 amide bonds. The Hall–Kier alpha value is -1.10. The van der Waals surface area contributed by atoms with Gasteiger partial charge in [-0.1, -0.05) is 12.1 Å². The third kappa shape index (κ3) is 2.35. The van der Waals surface area contributed by atoms with E-state index in [-0.39, 0.29) is 6.04 Å². The van der Waals surface area contributed by atoms with Gasteiger partial charge in [0.05, 0.1) is 19.8 Å². The van der Waals surface area contributed by atoms with Crippen LogP contribution in [-0.2, 0) is 4.74 Å². The predicted octanol–water partition coefficient (Wildman–Crippen LogP) is 1.24. The molecule has 3 N–H and O–H groups in total. The fourth-order valence-corrected chi connectivity index (χ4v) is 2.16. The smallest absolute Gasteiger partial charge is 0.119 e. The van der Waals surface area contributed by atoms with E-state index in [0.29, 0.717) is 5.92 Å². The molecular weight excluding hydrogens is 204 g/mol. The molecule has 2 rings (SSSR count). The van der Waals surface area contributed by atoms with Crippen molar-refractivity contribution in [1.29, 1.82) is 0 Å². The van der Waals surface area contributed by atoms with Gasteiger partial charge in [0.15, 0.2) is 0 Å². The summed E-state index contributed by atoms with van der Waals surface area (Å²) < 4.78 is 10.6. The fourth-order valence-electron chi connectivity index (χ4n) is 2.16. The predicted molar refractivity (Wildman–Crippen MR) is 62.0 cm³/mol. The van der Waals surface area contributed by atoms with Gasteiger partial charge in [0.25, 0.3) is 0 Å². The van der Waals surface area contributed by atoms with Gasteiger partial charge in [0.1, 0.15) is 5.75 Å². The van der Waals surface area contributed by atoms with Crippen LogP contribution in [0.3, 0.4) is 0 Å². The van der Waals surface area contributed by atoms with Crippen molar-refractivity contribution in [2.75, 3.05) is 20.3 Å². The third-order valence-electron chi connectivity index (χ3n) is 3.07. The first-order valence-corrected chi connectivity index (χ1v) is 5.53. The van der Waals surface area contributed by atoms with E-state index in [0.717, 1.165) is 30.9 Å².